The number of carbonyl (C=O) groups excluding carboxylic acids is 2. The number of hydrogen-bond donors (Lipinski definition) is 3. The molecule has 0 aliphatic rings. The van der Waals surface area contributed by atoms with Crippen LogP contribution in [0.1, 0.15) is 40.2 Å². The molecule has 0 fully saturated rings. The molecule has 2 aromatic carbocycles. The Balaban J connectivity index is 2.42. The number of benzene rings is 2. The van der Waals surface area contributed by atoms with E-state index in [9.17, 15) is 33.2 Å². The first kappa shape index (κ1) is 34.1. The summed E-state index contributed by atoms with van der Waals surface area (Å²) in [7, 11) is -4.16. The number of sulfonamides is 1. The van der Waals surface area contributed by atoms with Crippen LogP contribution in [0.3, 0.4) is 0 Å². The Morgan fingerprint density at radius 2 is 1.61 bits per heavy atom. The van der Waals surface area contributed by atoms with E-state index in [2.05, 4.69) is 10.6 Å². The lowest BCUT2D eigenvalue weighted by Crippen LogP contribution is -2.59. The van der Waals surface area contributed by atoms with Crippen LogP contribution in [0.2, 0.25) is 0 Å². The number of hydrogen-bond acceptors (Lipinski definition) is 7. The van der Waals surface area contributed by atoms with Crippen molar-refractivity contribution >= 4 is 39.1 Å². The molecule has 0 aromatic heterocycles. The van der Waals surface area contributed by atoms with Crippen molar-refractivity contribution in [3.05, 3.63) is 70.3 Å². The Kier molecular flexibility index (Phi) is 12.3. The number of non-ortho nitro benzene ring substituents is 1. The minimum Gasteiger partial charge on any atom is -0.390 e. The van der Waals surface area contributed by atoms with E-state index in [4.69, 9.17) is 11.6 Å². The predicted molar refractivity (Wildman–Crippen MR) is 157 cm³/mol. The molecule has 41 heavy (non-hydrogen) atoms. The van der Waals surface area contributed by atoms with Gasteiger partial charge in [-0.1, -0.05) is 65.0 Å². The van der Waals surface area contributed by atoms with E-state index < -0.39 is 50.4 Å². The number of nitro benzene ring substituents is 1. The SMILES string of the molecule is CC(C)CN(C[C@@H](O)C(Cc1ccccc1)NC(=O)[C@@H](NC(=O)CCl)C(C)(C)C)S(=O)(=O)c1ccc([N+](=O)[O-])cc1. The third-order valence-electron chi connectivity index (χ3n) is 6.29. The van der Waals surface area contributed by atoms with Crippen LogP contribution in [-0.2, 0) is 26.0 Å². The van der Waals surface area contributed by atoms with Gasteiger partial charge >= 0.3 is 0 Å². The summed E-state index contributed by atoms with van der Waals surface area (Å²) in [5.74, 6) is -1.53. The molecule has 0 bridgehead atoms. The minimum absolute atomic E-state index is 0.0543. The quantitative estimate of drug-likeness (QED) is 0.168. The fourth-order valence-corrected chi connectivity index (χ4v) is 5.89. The third-order valence-corrected chi connectivity index (χ3v) is 8.38. The van der Waals surface area contributed by atoms with Crippen LogP contribution < -0.4 is 10.6 Å². The van der Waals surface area contributed by atoms with Gasteiger partial charge in [0.1, 0.15) is 11.9 Å². The van der Waals surface area contributed by atoms with E-state index in [0.717, 1.165) is 34.1 Å². The first-order valence-corrected chi connectivity index (χ1v) is 15.2. The van der Waals surface area contributed by atoms with Crippen molar-refractivity contribution in [2.45, 2.75) is 64.1 Å². The number of halogens is 1. The highest BCUT2D eigenvalue weighted by atomic mass is 35.5. The van der Waals surface area contributed by atoms with Gasteiger partial charge in [-0.05, 0) is 35.4 Å². The summed E-state index contributed by atoms with van der Waals surface area (Å²) in [6.07, 6.45) is -1.17. The van der Waals surface area contributed by atoms with E-state index >= 15 is 0 Å². The average molecular weight is 611 g/mol. The van der Waals surface area contributed by atoms with Crippen LogP contribution in [-0.4, -0.2) is 71.7 Å². The number of nitro groups is 1. The molecular formula is C28H39ClN4O7S. The number of nitrogens with zero attached hydrogens (tertiary/aromatic N) is 2. The Morgan fingerprint density at radius 1 is 1.02 bits per heavy atom. The van der Waals surface area contributed by atoms with Crippen LogP contribution in [0.5, 0.6) is 0 Å². The second-order valence-electron chi connectivity index (χ2n) is 11.3. The first-order valence-electron chi connectivity index (χ1n) is 13.2. The molecule has 0 aliphatic heterocycles. The second-order valence-corrected chi connectivity index (χ2v) is 13.5. The highest BCUT2D eigenvalue weighted by Crippen LogP contribution is 2.23. The topological polar surface area (TPSA) is 159 Å². The van der Waals surface area contributed by atoms with Crippen LogP contribution in [0.15, 0.2) is 59.5 Å². The molecule has 2 amide bonds. The van der Waals surface area contributed by atoms with Crippen molar-refractivity contribution in [1.29, 1.82) is 0 Å². The fraction of sp³-hybridized carbons (Fsp3) is 0.500. The fourth-order valence-electron chi connectivity index (χ4n) is 4.20. The molecule has 1 unspecified atom stereocenters. The van der Waals surface area contributed by atoms with Crippen molar-refractivity contribution in [2.24, 2.45) is 11.3 Å². The zero-order valence-corrected chi connectivity index (χ0v) is 25.5. The lowest BCUT2D eigenvalue weighted by molar-refractivity contribution is -0.384. The van der Waals surface area contributed by atoms with E-state index in [1.54, 1.807) is 20.8 Å². The standard InChI is InChI=1S/C28H39ClN4O7S/c1-19(2)17-32(41(39,40)22-13-11-21(12-14-22)33(37)38)18-24(34)23(15-20-9-7-6-8-10-20)30-27(36)26(28(3,4)5)31-25(35)16-29/h6-14,19,23-24,26,34H,15-18H2,1-5H3,(H,30,36)(H,31,35)/t23?,24-,26-/m1/s1. The summed E-state index contributed by atoms with van der Waals surface area (Å²) in [5.41, 5.74) is -0.154. The summed E-state index contributed by atoms with van der Waals surface area (Å²) in [5, 5.41) is 27.9. The van der Waals surface area contributed by atoms with Crippen LogP contribution >= 0.6 is 11.6 Å². The van der Waals surface area contributed by atoms with Gasteiger partial charge in [-0.3, -0.25) is 19.7 Å². The van der Waals surface area contributed by atoms with Crippen molar-refractivity contribution in [1.82, 2.24) is 14.9 Å². The minimum atomic E-state index is -4.16. The lowest BCUT2D eigenvalue weighted by Gasteiger charge is -2.34. The van der Waals surface area contributed by atoms with Gasteiger partial charge in [-0.15, -0.1) is 11.6 Å². The molecule has 0 heterocycles. The normalized spacial score (nSPS) is 14.4. The molecular weight excluding hydrogens is 572 g/mol. The van der Waals surface area contributed by atoms with E-state index in [1.807, 2.05) is 44.2 Å². The molecule has 0 spiro atoms. The molecule has 0 aliphatic carbocycles. The molecule has 0 saturated carbocycles. The van der Waals surface area contributed by atoms with Crippen molar-refractivity contribution in [3.63, 3.8) is 0 Å². The number of alkyl halides is 1. The molecule has 0 radical (unpaired) electrons. The number of amides is 2. The van der Waals surface area contributed by atoms with Crippen molar-refractivity contribution in [2.75, 3.05) is 19.0 Å². The third kappa shape index (κ3) is 10.1. The summed E-state index contributed by atoms with van der Waals surface area (Å²) in [4.78, 5) is 35.8. The van der Waals surface area contributed by atoms with Crippen molar-refractivity contribution < 1.29 is 28.0 Å². The number of rotatable bonds is 14. The summed E-state index contributed by atoms with van der Waals surface area (Å²) in [6, 6.07) is 11.7. The second kappa shape index (κ2) is 14.7. The van der Waals surface area contributed by atoms with Gasteiger partial charge in [0.15, 0.2) is 0 Å². The lowest BCUT2D eigenvalue weighted by atomic mass is 9.85. The molecule has 3 N–H and O–H groups in total. The zero-order chi connectivity index (χ0) is 31.0. The number of aliphatic hydroxyl groups is 1. The maximum atomic E-state index is 13.6. The highest BCUT2D eigenvalue weighted by molar-refractivity contribution is 7.89. The van der Waals surface area contributed by atoms with Gasteiger partial charge in [0.25, 0.3) is 5.69 Å². The predicted octanol–water partition coefficient (Wildman–Crippen LogP) is 3.10. The number of carbonyl (C=O) groups is 2. The Bertz CT molecular complexity index is 1280. The van der Waals surface area contributed by atoms with E-state index in [0.29, 0.717) is 0 Å². The monoisotopic (exact) mass is 610 g/mol. The van der Waals surface area contributed by atoms with Gasteiger partial charge in [0.05, 0.1) is 22.0 Å². The van der Waals surface area contributed by atoms with Gasteiger partial charge in [-0.25, -0.2) is 8.42 Å². The van der Waals surface area contributed by atoms with E-state index in [-0.39, 0.29) is 41.9 Å². The largest absolute Gasteiger partial charge is 0.390 e. The summed E-state index contributed by atoms with van der Waals surface area (Å²) < 4.78 is 28.3. The Hall–Kier alpha value is -3.06. The molecule has 226 valence electrons. The maximum absolute atomic E-state index is 13.6. The number of nitrogens with one attached hydrogen (secondary N) is 2. The Labute approximate surface area is 246 Å². The average Bonchev–Trinajstić information content (AvgIpc) is 2.90. The Morgan fingerprint density at radius 3 is 2.10 bits per heavy atom. The number of aliphatic hydroxyl groups excluding tert-OH is 1. The molecule has 2 rings (SSSR count). The zero-order valence-electron chi connectivity index (χ0n) is 23.9. The molecule has 11 nitrogen and oxygen atoms in total. The van der Waals surface area contributed by atoms with Crippen LogP contribution in [0.4, 0.5) is 5.69 Å². The van der Waals surface area contributed by atoms with Gasteiger partial charge in [-0.2, -0.15) is 4.31 Å². The van der Waals surface area contributed by atoms with Crippen LogP contribution in [0.25, 0.3) is 0 Å². The van der Waals surface area contributed by atoms with Crippen molar-refractivity contribution in [3.8, 4) is 0 Å². The van der Waals surface area contributed by atoms with Gasteiger partial charge < -0.3 is 15.7 Å². The molecule has 0 saturated heterocycles. The molecule has 13 heteroatoms. The summed E-state index contributed by atoms with van der Waals surface area (Å²) in [6.45, 7) is 8.66. The molecule has 2 aromatic rings. The van der Waals surface area contributed by atoms with Gasteiger partial charge in [0, 0.05) is 25.2 Å². The van der Waals surface area contributed by atoms with Crippen LogP contribution in [0, 0.1) is 21.4 Å². The van der Waals surface area contributed by atoms with Gasteiger partial charge in [0.2, 0.25) is 21.8 Å². The maximum Gasteiger partial charge on any atom is 0.269 e. The smallest absolute Gasteiger partial charge is 0.269 e. The first-order chi connectivity index (χ1) is 19.1. The van der Waals surface area contributed by atoms with E-state index in [1.165, 1.54) is 0 Å². The molecule has 3 atom stereocenters. The highest BCUT2D eigenvalue weighted by Gasteiger charge is 2.36. The summed E-state index contributed by atoms with van der Waals surface area (Å²) >= 11 is 5.65.